The summed E-state index contributed by atoms with van der Waals surface area (Å²) in [7, 11) is 0. The van der Waals surface area contributed by atoms with Crippen molar-refractivity contribution in [3.05, 3.63) is 0 Å². The number of carboxylic acids is 1. The fraction of sp³-hybridized carbons (Fsp3) is 0.963. The van der Waals surface area contributed by atoms with Crippen LogP contribution in [0.5, 0.6) is 0 Å². The van der Waals surface area contributed by atoms with Gasteiger partial charge in [0.25, 0.3) is 0 Å². The molecule has 12 atom stereocenters. The highest BCUT2D eigenvalue weighted by atomic mass is 16.4. The van der Waals surface area contributed by atoms with Crippen LogP contribution in [0.1, 0.15) is 106 Å². The zero-order valence-corrected chi connectivity index (χ0v) is 18.8. The first kappa shape index (κ1) is 18.8. The van der Waals surface area contributed by atoms with Crippen LogP contribution in [-0.4, -0.2) is 33.5 Å². The molecule has 0 radical (unpaired) electrons. The molecule has 0 aromatic rings. The molecular formula is C27H48O4. The van der Waals surface area contributed by atoms with Crippen LogP contribution in [0.3, 0.4) is 0 Å². The molecule has 4 fully saturated rings. The van der Waals surface area contributed by atoms with Crippen LogP contribution < -0.4 is 0 Å². The van der Waals surface area contributed by atoms with E-state index in [4.69, 9.17) is 5.48 Å². The van der Waals surface area contributed by atoms with Crippen LogP contribution in [-0.2, 0) is 4.79 Å². The van der Waals surface area contributed by atoms with Gasteiger partial charge in [0.1, 0.15) is 0 Å². The number of rotatable bonds is 5. The Kier molecular flexibility index (Phi) is 5.43. The van der Waals surface area contributed by atoms with Crippen LogP contribution in [0.2, 0.25) is 0 Å². The molecule has 0 aliphatic heterocycles. The van der Waals surface area contributed by atoms with Gasteiger partial charge in [0.2, 0.25) is 0 Å². The summed E-state index contributed by atoms with van der Waals surface area (Å²) >= 11 is 0. The third-order valence-corrected chi connectivity index (χ3v) is 10.4. The quantitative estimate of drug-likeness (QED) is 0.507. The highest BCUT2D eigenvalue weighted by molar-refractivity contribution is 5.66. The van der Waals surface area contributed by atoms with E-state index in [1.807, 2.05) is 0 Å². The second-order valence-corrected chi connectivity index (χ2v) is 11.5. The molecule has 5 unspecified atom stereocenters. The molecule has 31 heavy (non-hydrogen) atoms. The summed E-state index contributed by atoms with van der Waals surface area (Å²) in [5.74, 6) is -2.04. The molecule has 4 saturated carbocycles. The monoisotopic (exact) mass is 441 g/mol. The van der Waals surface area contributed by atoms with Crippen LogP contribution in [0.25, 0.3) is 0 Å². The molecule has 180 valence electrons. The first-order valence-corrected chi connectivity index (χ1v) is 12.1. The summed E-state index contributed by atoms with van der Waals surface area (Å²) in [6, 6.07) is 0. The van der Waals surface area contributed by atoms with E-state index in [0.717, 1.165) is 32.1 Å². The lowest BCUT2D eigenvalue weighted by Crippen LogP contribution is -2.62. The number of hydrogen-bond acceptors (Lipinski definition) is 3. The summed E-state index contributed by atoms with van der Waals surface area (Å²) < 4.78 is 42.1. The van der Waals surface area contributed by atoms with Crippen molar-refractivity contribution in [2.45, 2.75) is 111 Å². The van der Waals surface area contributed by atoms with Crippen molar-refractivity contribution >= 4 is 5.97 Å². The second kappa shape index (κ2) is 8.97. The Bertz CT molecular complexity index is 818. The Hall–Kier alpha value is -0.610. The third-order valence-electron chi connectivity index (χ3n) is 10.4. The van der Waals surface area contributed by atoms with Gasteiger partial charge >= 0.3 is 5.97 Å². The summed E-state index contributed by atoms with van der Waals surface area (Å²) in [5.41, 5.74) is -0.464. The van der Waals surface area contributed by atoms with Gasteiger partial charge in [0, 0.05) is 11.9 Å². The molecule has 4 rings (SSSR count). The maximum absolute atomic E-state index is 12.0. The van der Waals surface area contributed by atoms with Gasteiger partial charge in [0.05, 0.1) is 13.6 Å². The van der Waals surface area contributed by atoms with Gasteiger partial charge in [0.15, 0.2) is 0 Å². The molecule has 3 N–H and O–H groups in total. The van der Waals surface area contributed by atoms with Crippen LogP contribution in [0.15, 0.2) is 0 Å². The van der Waals surface area contributed by atoms with Crippen molar-refractivity contribution in [3.8, 4) is 0 Å². The van der Waals surface area contributed by atoms with E-state index in [2.05, 4.69) is 20.8 Å². The number of aliphatic carboxylic acids is 1. The van der Waals surface area contributed by atoms with Gasteiger partial charge in [-0.15, -0.1) is 0 Å². The topological polar surface area (TPSA) is 77.8 Å². The number of aliphatic hydroxyl groups is 2. The Balaban J connectivity index is 0.00000361. The SMILES string of the molecule is C.[2H]C([C@@H]1[C@@H]2C[C@H](O)CC[C@]2(C)C2CC[C@@]3(C)C(CCC3[C@H](C)CCC(=O)O)C2[C@]1([2H])O)C([2H])([2H])[2H]. The van der Waals surface area contributed by atoms with Crippen molar-refractivity contribution in [1.29, 1.82) is 0 Å². The van der Waals surface area contributed by atoms with Gasteiger partial charge in [-0.3, -0.25) is 4.79 Å². The molecule has 4 nitrogen and oxygen atoms in total. The van der Waals surface area contributed by atoms with E-state index in [1.165, 1.54) is 0 Å². The molecule has 0 aromatic heterocycles. The predicted molar refractivity (Wildman–Crippen MR) is 125 cm³/mol. The van der Waals surface area contributed by atoms with Gasteiger partial charge < -0.3 is 15.3 Å². The zero-order chi connectivity index (χ0) is 26.1. The average Bonchev–Trinajstić information content (AvgIpc) is 3.09. The van der Waals surface area contributed by atoms with Crippen molar-refractivity contribution in [2.24, 2.45) is 52.3 Å². The van der Waals surface area contributed by atoms with Crippen molar-refractivity contribution < 1.29 is 27.0 Å². The van der Waals surface area contributed by atoms with Crippen LogP contribution >= 0.6 is 0 Å². The summed E-state index contributed by atoms with van der Waals surface area (Å²) in [6.45, 7) is 3.92. The van der Waals surface area contributed by atoms with Crippen LogP contribution in [0, 0.1) is 52.3 Å². The predicted octanol–water partition coefficient (Wildman–Crippen LogP) is 5.75. The fourth-order valence-electron chi connectivity index (χ4n) is 8.81. The van der Waals surface area contributed by atoms with E-state index in [1.54, 1.807) is 0 Å². The normalized spacial score (nSPS) is 56.0. The van der Waals surface area contributed by atoms with Gasteiger partial charge in [-0.2, -0.15) is 0 Å². The Morgan fingerprint density at radius 3 is 2.48 bits per heavy atom. The third kappa shape index (κ3) is 3.88. The minimum atomic E-state index is -2.61. The maximum atomic E-state index is 12.0. The molecule has 4 aliphatic carbocycles. The maximum Gasteiger partial charge on any atom is 0.303 e. The number of aliphatic hydroxyl groups excluding tert-OH is 1. The number of hydrogen-bond donors (Lipinski definition) is 3. The molecule has 0 bridgehead atoms. The molecule has 0 spiro atoms. The molecule has 4 heteroatoms. The Labute approximate surface area is 197 Å². The van der Waals surface area contributed by atoms with Crippen molar-refractivity contribution in [1.82, 2.24) is 0 Å². The van der Waals surface area contributed by atoms with E-state index >= 15 is 0 Å². The molecule has 4 aliphatic rings. The Morgan fingerprint density at radius 1 is 1.13 bits per heavy atom. The lowest BCUT2D eigenvalue weighted by atomic mass is 9.41. The highest BCUT2D eigenvalue weighted by Gasteiger charge is 2.64. The molecule has 0 saturated heterocycles. The highest BCUT2D eigenvalue weighted by Crippen LogP contribution is 2.69. The zero-order valence-electron chi connectivity index (χ0n) is 23.8. The smallest absolute Gasteiger partial charge is 0.303 e. The fourth-order valence-corrected chi connectivity index (χ4v) is 8.81. The van der Waals surface area contributed by atoms with Gasteiger partial charge in [-0.1, -0.05) is 41.4 Å². The molecular weight excluding hydrogens is 388 g/mol. The molecule has 0 aromatic carbocycles. The number of carboxylic acid groups (broad SMARTS) is 1. The average molecular weight is 442 g/mol. The minimum Gasteiger partial charge on any atom is -0.481 e. The van der Waals surface area contributed by atoms with Crippen molar-refractivity contribution in [2.75, 3.05) is 0 Å². The van der Waals surface area contributed by atoms with E-state index < -0.39 is 43.2 Å². The standard InChI is InChI=1S/C26H44O4.CH4/c1-5-17-21-14-16(27)10-12-26(21,4)20-11-13-25(3)18(15(2)6-9-22(28)29)7-8-19(25)23(20)24(17)30;/h15-21,23-24,27,30H,5-14H2,1-4H3,(H,28,29);1H4/t15-,16-,17-,18?,19?,20?,21+,23?,24-,25-,26-;/m1./s1/i1D3,5D,24D;/t5?,15-,16-,17-,18?,19?,20?,21+,23?,24-,25-,26-;. The number of fused-ring (bicyclic) bond motifs is 5. The lowest BCUT2D eigenvalue weighted by Gasteiger charge is -2.64. The second-order valence-electron chi connectivity index (χ2n) is 11.5. The first-order chi connectivity index (χ1) is 16.0. The first-order valence-electron chi connectivity index (χ1n) is 14.7. The minimum absolute atomic E-state index is 0. The molecule has 0 amide bonds. The summed E-state index contributed by atoms with van der Waals surface area (Å²) in [6.07, 6.45) is 1.77. The van der Waals surface area contributed by atoms with E-state index in [0.29, 0.717) is 25.2 Å². The largest absolute Gasteiger partial charge is 0.481 e. The van der Waals surface area contributed by atoms with Gasteiger partial charge in [-0.05, 0) is 104 Å². The van der Waals surface area contributed by atoms with Gasteiger partial charge in [-0.25, -0.2) is 0 Å². The van der Waals surface area contributed by atoms with Crippen molar-refractivity contribution in [3.63, 3.8) is 0 Å². The summed E-state index contributed by atoms with van der Waals surface area (Å²) in [5, 5.41) is 31.7. The van der Waals surface area contributed by atoms with E-state index in [-0.39, 0.29) is 48.3 Å². The number of carbonyl (C=O) groups is 1. The molecule has 0 heterocycles. The van der Waals surface area contributed by atoms with Crippen LogP contribution in [0.4, 0.5) is 0 Å². The summed E-state index contributed by atoms with van der Waals surface area (Å²) in [4.78, 5) is 11.2. The van der Waals surface area contributed by atoms with E-state index in [9.17, 15) is 21.5 Å². The lowest BCUT2D eigenvalue weighted by molar-refractivity contribution is -0.203. The Morgan fingerprint density at radius 2 is 1.81 bits per heavy atom.